The monoisotopic (exact) mass is 426 g/mol. The van der Waals surface area contributed by atoms with Crippen LogP contribution in [0.25, 0.3) is 0 Å². The predicted molar refractivity (Wildman–Crippen MR) is 113 cm³/mol. The highest BCUT2D eigenvalue weighted by atomic mass is 32.2. The van der Waals surface area contributed by atoms with Crippen LogP contribution in [0.4, 0.5) is 5.69 Å². The number of hydrogen-bond acceptors (Lipinski definition) is 7. The smallest absolute Gasteiger partial charge is 0.234 e. The van der Waals surface area contributed by atoms with Crippen LogP contribution in [-0.2, 0) is 17.9 Å². The van der Waals surface area contributed by atoms with E-state index < -0.39 is 0 Å². The van der Waals surface area contributed by atoms with Gasteiger partial charge in [-0.1, -0.05) is 29.5 Å². The maximum absolute atomic E-state index is 12.3. The van der Waals surface area contributed by atoms with Gasteiger partial charge in [0.05, 0.1) is 5.75 Å². The second-order valence-electron chi connectivity index (χ2n) is 6.65. The third kappa shape index (κ3) is 4.68. The quantitative estimate of drug-likeness (QED) is 0.550. The number of carbonyl (C=O) groups is 1. The van der Waals surface area contributed by atoms with Crippen molar-refractivity contribution in [1.29, 1.82) is 0 Å². The van der Waals surface area contributed by atoms with Crippen LogP contribution in [0.3, 0.4) is 0 Å². The SMILES string of the molecule is CCn1c(COc2ccc(C)cc2)nnc1SCC(=O)Nc1ccc2c(c1)OCO2. The average Bonchev–Trinajstić information content (AvgIpc) is 3.37. The molecular formula is C21H22N4O4S. The maximum atomic E-state index is 12.3. The molecule has 1 aromatic heterocycles. The van der Waals surface area contributed by atoms with E-state index in [0.717, 1.165) is 11.6 Å². The summed E-state index contributed by atoms with van der Waals surface area (Å²) < 4.78 is 18.4. The Kier molecular flexibility index (Phi) is 6.08. The van der Waals surface area contributed by atoms with Crippen LogP contribution in [0.15, 0.2) is 47.6 Å². The summed E-state index contributed by atoms with van der Waals surface area (Å²) in [6.07, 6.45) is 0. The molecular weight excluding hydrogens is 404 g/mol. The summed E-state index contributed by atoms with van der Waals surface area (Å²) in [4.78, 5) is 12.3. The van der Waals surface area contributed by atoms with Gasteiger partial charge >= 0.3 is 0 Å². The first-order chi connectivity index (χ1) is 14.6. The first kappa shape index (κ1) is 20.1. The van der Waals surface area contributed by atoms with Crippen molar-refractivity contribution in [2.75, 3.05) is 17.9 Å². The lowest BCUT2D eigenvalue weighted by Crippen LogP contribution is -2.15. The van der Waals surface area contributed by atoms with Crippen LogP contribution in [0.1, 0.15) is 18.3 Å². The van der Waals surface area contributed by atoms with Gasteiger partial charge in [0.1, 0.15) is 12.4 Å². The van der Waals surface area contributed by atoms with E-state index in [1.54, 1.807) is 18.2 Å². The second kappa shape index (κ2) is 9.08. The number of nitrogens with zero attached hydrogens (tertiary/aromatic N) is 3. The van der Waals surface area contributed by atoms with Gasteiger partial charge in [-0.3, -0.25) is 4.79 Å². The van der Waals surface area contributed by atoms with Crippen molar-refractivity contribution in [3.63, 3.8) is 0 Å². The van der Waals surface area contributed by atoms with Crippen LogP contribution in [-0.4, -0.2) is 33.2 Å². The molecule has 9 heteroatoms. The number of ether oxygens (including phenoxy) is 3. The van der Waals surface area contributed by atoms with Crippen molar-refractivity contribution in [1.82, 2.24) is 14.8 Å². The second-order valence-corrected chi connectivity index (χ2v) is 7.59. The van der Waals surface area contributed by atoms with Crippen molar-refractivity contribution in [2.24, 2.45) is 0 Å². The number of anilines is 1. The molecule has 30 heavy (non-hydrogen) atoms. The highest BCUT2D eigenvalue weighted by molar-refractivity contribution is 7.99. The molecule has 8 nitrogen and oxygen atoms in total. The molecule has 1 aliphatic heterocycles. The zero-order chi connectivity index (χ0) is 20.9. The molecule has 1 N–H and O–H groups in total. The molecule has 2 aromatic carbocycles. The van der Waals surface area contributed by atoms with E-state index in [1.165, 1.54) is 17.3 Å². The predicted octanol–water partition coefficient (Wildman–Crippen LogP) is 3.64. The fourth-order valence-electron chi connectivity index (χ4n) is 2.93. The number of carbonyl (C=O) groups excluding carboxylic acids is 1. The van der Waals surface area contributed by atoms with E-state index in [0.29, 0.717) is 35.5 Å². The van der Waals surface area contributed by atoms with Crippen molar-refractivity contribution >= 4 is 23.4 Å². The first-order valence-corrected chi connectivity index (χ1v) is 10.5. The Morgan fingerprint density at radius 3 is 2.77 bits per heavy atom. The standard InChI is InChI=1S/C21H22N4O4S/c1-3-25-19(11-27-16-7-4-14(2)5-8-16)23-24-21(25)30-12-20(26)22-15-6-9-17-18(10-15)29-13-28-17/h4-10H,3,11-13H2,1-2H3,(H,22,26). The highest BCUT2D eigenvalue weighted by Crippen LogP contribution is 2.34. The van der Waals surface area contributed by atoms with Crippen molar-refractivity contribution in [3.8, 4) is 17.2 Å². The molecule has 156 valence electrons. The van der Waals surface area contributed by atoms with Gasteiger partial charge in [-0.05, 0) is 38.1 Å². The number of aryl methyl sites for hydroxylation is 1. The van der Waals surface area contributed by atoms with Gasteiger partial charge in [-0.2, -0.15) is 0 Å². The number of aromatic nitrogens is 3. The zero-order valence-electron chi connectivity index (χ0n) is 16.8. The van der Waals surface area contributed by atoms with Gasteiger partial charge in [0, 0.05) is 18.3 Å². The van der Waals surface area contributed by atoms with E-state index in [2.05, 4.69) is 15.5 Å². The lowest BCUT2D eigenvalue weighted by molar-refractivity contribution is -0.113. The molecule has 0 unspecified atom stereocenters. The Balaban J connectivity index is 1.32. The highest BCUT2D eigenvalue weighted by Gasteiger charge is 2.16. The number of amides is 1. The Bertz CT molecular complexity index is 1040. The molecule has 0 spiro atoms. The summed E-state index contributed by atoms with van der Waals surface area (Å²) in [7, 11) is 0. The largest absolute Gasteiger partial charge is 0.486 e. The third-order valence-electron chi connectivity index (χ3n) is 4.49. The van der Waals surface area contributed by atoms with Gasteiger partial charge in [0.2, 0.25) is 12.7 Å². The number of benzene rings is 2. The minimum absolute atomic E-state index is 0.137. The molecule has 0 atom stereocenters. The van der Waals surface area contributed by atoms with E-state index in [-0.39, 0.29) is 18.5 Å². The minimum atomic E-state index is -0.137. The fraction of sp³-hybridized carbons (Fsp3) is 0.286. The van der Waals surface area contributed by atoms with Crippen molar-refractivity contribution < 1.29 is 19.0 Å². The van der Waals surface area contributed by atoms with E-state index >= 15 is 0 Å². The molecule has 3 aromatic rings. The van der Waals surface area contributed by atoms with Crippen molar-refractivity contribution in [3.05, 3.63) is 53.9 Å². The molecule has 0 fully saturated rings. The number of fused-ring (bicyclic) bond motifs is 1. The number of thioether (sulfide) groups is 1. The molecule has 1 aliphatic rings. The number of hydrogen-bond donors (Lipinski definition) is 1. The summed E-state index contributed by atoms with van der Waals surface area (Å²) in [5.41, 5.74) is 1.84. The normalized spacial score (nSPS) is 12.1. The van der Waals surface area contributed by atoms with Crippen LogP contribution >= 0.6 is 11.8 Å². The Morgan fingerprint density at radius 1 is 1.17 bits per heavy atom. The Morgan fingerprint density at radius 2 is 1.97 bits per heavy atom. The molecule has 0 bridgehead atoms. The van der Waals surface area contributed by atoms with Crippen molar-refractivity contribution in [2.45, 2.75) is 32.2 Å². The van der Waals surface area contributed by atoms with E-state index in [9.17, 15) is 4.79 Å². The van der Waals surface area contributed by atoms with Gasteiger partial charge in [-0.15, -0.1) is 10.2 Å². The first-order valence-electron chi connectivity index (χ1n) is 9.56. The molecule has 0 saturated carbocycles. The fourth-order valence-corrected chi connectivity index (χ4v) is 3.76. The minimum Gasteiger partial charge on any atom is -0.486 e. The van der Waals surface area contributed by atoms with Crippen LogP contribution in [0, 0.1) is 6.92 Å². The topological polar surface area (TPSA) is 87.5 Å². The van der Waals surface area contributed by atoms with Crippen LogP contribution in [0.2, 0.25) is 0 Å². The summed E-state index contributed by atoms with van der Waals surface area (Å²) in [6, 6.07) is 13.2. The maximum Gasteiger partial charge on any atom is 0.234 e. The van der Waals surface area contributed by atoms with Crippen LogP contribution in [0.5, 0.6) is 17.2 Å². The van der Waals surface area contributed by atoms with E-state index in [1.807, 2.05) is 42.7 Å². The molecule has 0 aliphatic carbocycles. The number of rotatable bonds is 8. The van der Waals surface area contributed by atoms with Gasteiger partial charge < -0.3 is 24.1 Å². The Hall–Kier alpha value is -3.20. The summed E-state index contributed by atoms with van der Waals surface area (Å²) in [5.74, 6) is 2.89. The lowest BCUT2D eigenvalue weighted by Gasteiger charge is -2.09. The van der Waals surface area contributed by atoms with Gasteiger partial charge in [0.25, 0.3) is 0 Å². The summed E-state index contributed by atoms with van der Waals surface area (Å²) >= 11 is 1.33. The zero-order valence-corrected chi connectivity index (χ0v) is 17.6. The molecule has 2 heterocycles. The molecule has 4 rings (SSSR count). The van der Waals surface area contributed by atoms with E-state index in [4.69, 9.17) is 14.2 Å². The summed E-state index contributed by atoms with van der Waals surface area (Å²) in [5, 5.41) is 12.0. The average molecular weight is 426 g/mol. The third-order valence-corrected chi connectivity index (χ3v) is 5.45. The Labute approximate surface area is 178 Å². The lowest BCUT2D eigenvalue weighted by atomic mass is 10.2. The van der Waals surface area contributed by atoms with Crippen LogP contribution < -0.4 is 19.5 Å². The van der Waals surface area contributed by atoms with Gasteiger partial charge in [0.15, 0.2) is 22.5 Å². The summed E-state index contributed by atoms with van der Waals surface area (Å²) in [6.45, 7) is 5.24. The number of nitrogens with one attached hydrogen (secondary N) is 1. The molecule has 0 radical (unpaired) electrons. The molecule has 0 saturated heterocycles. The van der Waals surface area contributed by atoms with Gasteiger partial charge in [-0.25, -0.2) is 0 Å². The molecule has 1 amide bonds.